The molecule has 0 spiro atoms. The monoisotopic (exact) mass is 301 g/mol. The van der Waals surface area contributed by atoms with E-state index < -0.39 is 31.9 Å². The van der Waals surface area contributed by atoms with Gasteiger partial charge in [0.2, 0.25) is 6.08 Å². The van der Waals surface area contributed by atoms with Gasteiger partial charge in [-0.3, -0.25) is 0 Å². The minimum atomic E-state index is -3.99. The number of nitrogens with zero attached hydrogens (tertiary/aromatic N) is 1. The zero-order valence-corrected chi connectivity index (χ0v) is 11.6. The fraction of sp³-hybridized carbons (Fsp3) is 0.462. The van der Waals surface area contributed by atoms with Crippen LogP contribution in [0, 0.1) is 11.6 Å². The van der Waals surface area contributed by atoms with Crippen molar-refractivity contribution in [2.45, 2.75) is 36.1 Å². The van der Waals surface area contributed by atoms with Crippen LogP contribution in [0.4, 0.5) is 8.78 Å². The van der Waals surface area contributed by atoms with Gasteiger partial charge in [0, 0.05) is 6.26 Å². The summed E-state index contributed by atoms with van der Waals surface area (Å²) < 4.78 is 50.5. The highest BCUT2D eigenvalue weighted by Crippen LogP contribution is 2.43. The summed E-state index contributed by atoms with van der Waals surface area (Å²) in [5.41, 5.74) is -0.805. The molecule has 1 fully saturated rings. The maximum absolute atomic E-state index is 13.9. The molecule has 7 heteroatoms. The van der Waals surface area contributed by atoms with Crippen molar-refractivity contribution < 1.29 is 22.0 Å². The van der Waals surface area contributed by atoms with E-state index >= 15 is 0 Å². The molecule has 108 valence electrons. The van der Waals surface area contributed by atoms with Gasteiger partial charge in [-0.2, -0.15) is 4.99 Å². The number of sulfone groups is 1. The van der Waals surface area contributed by atoms with Crippen LogP contribution < -0.4 is 0 Å². The molecule has 0 radical (unpaired) electrons. The van der Waals surface area contributed by atoms with Gasteiger partial charge in [-0.05, 0) is 30.5 Å². The van der Waals surface area contributed by atoms with Gasteiger partial charge in [0.25, 0.3) is 0 Å². The summed E-state index contributed by atoms with van der Waals surface area (Å²) in [6, 6.07) is 1.90. The van der Waals surface area contributed by atoms with E-state index in [0.29, 0.717) is 12.8 Å². The summed E-state index contributed by atoms with van der Waals surface area (Å²) >= 11 is 0. The van der Waals surface area contributed by atoms with Gasteiger partial charge in [0.1, 0.15) is 16.5 Å². The zero-order chi connectivity index (χ0) is 15.0. The fourth-order valence-electron chi connectivity index (χ4n) is 2.70. The molecule has 0 amide bonds. The van der Waals surface area contributed by atoms with Crippen LogP contribution in [0.5, 0.6) is 0 Å². The largest absolute Gasteiger partial charge is 0.235 e. The molecule has 1 aromatic carbocycles. The van der Waals surface area contributed by atoms with Crippen molar-refractivity contribution in [3.63, 3.8) is 0 Å². The first-order valence-corrected chi connectivity index (χ1v) is 7.98. The van der Waals surface area contributed by atoms with Gasteiger partial charge >= 0.3 is 0 Å². The van der Waals surface area contributed by atoms with Crippen LogP contribution in [0.25, 0.3) is 0 Å². The Bertz CT molecular complexity index is 665. The lowest BCUT2D eigenvalue weighted by Gasteiger charge is -2.23. The number of halogens is 2. The normalized spacial score (nSPS) is 17.8. The average Bonchev–Trinajstić information content (AvgIpc) is 2.76. The van der Waals surface area contributed by atoms with E-state index in [9.17, 15) is 22.0 Å². The van der Waals surface area contributed by atoms with E-state index in [-0.39, 0.29) is 5.56 Å². The van der Waals surface area contributed by atoms with E-state index in [1.54, 1.807) is 0 Å². The summed E-state index contributed by atoms with van der Waals surface area (Å²) in [4.78, 5) is 13.3. The van der Waals surface area contributed by atoms with Gasteiger partial charge in [-0.1, -0.05) is 12.8 Å². The molecule has 0 bridgehead atoms. The van der Waals surface area contributed by atoms with Crippen LogP contribution >= 0.6 is 0 Å². The van der Waals surface area contributed by atoms with Crippen LogP contribution in [0.15, 0.2) is 22.0 Å². The van der Waals surface area contributed by atoms with Gasteiger partial charge in [0.15, 0.2) is 9.84 Å². The van der Waals surface area contributed by atoms with E-state index in [1.165, 1.54) is 6.08 Å². The molecule has 0 atom stereocenters. The minimum Gasteiger partial charge on any atom is -0.224 e. The van der Waals surface area contributed by atoms with Gasteiger partial charge in [-0.25, -0.2) is 22.0 Å². The van der Waals surface area contributed by atoms with Gasteiger partial charge in [-0.15, -0.1) is 0 Å². The number of carbonyl (C=O) groups excluding carboxylic acids is 1. The lowest BCUT2D eigenvalue weighted by atomic mass is 9.89. The third kappa shape index (κ3) is 2.51. The van der Waals surface area contributed by atoms with Crippen molar-refractivity contribution in [1.29, 1.82) is 0 Å². The van der Waals surface area contributed by atoms with E-state index in [2.05, 4.69) is 4.99 Å². The molecule has 1 aliphatic carbocycles. The Morgan fingerprint density at radius 3 is 2.10 bits per heavy atom. The van der Waals surface area contributed by atoms with Crippen molar-refractivity contribution >= 4 is 15.9 Å². The number of rotatable bonds is 3. The average molecular weight is 301 g/mol. The molecule has 1 aliphatic rings. The molecular weight excluding hydrogens is 288 g/mol. The number of benzene rings is 1. The lowest BCUT2D eigenvalue weighted by molar-refractivity contribution is 0.441. The summed E-state index contributed by atoms with van der Waals surface area (Å²) in [5.74, 6) is -2.32. The van der Waals surface area contributed by atoms with Crippen LogP contribution in [-0.4, -0.2) is 20.8 Å². The predicted octanol–water partition coefficient (Wildman–Crippen LogP) is 2.47. The first-order chi connectivity index (χ1) is 9.30. The summed E-state index contributed by atoms with van der Waals surface area (Å²) in [5, 5.41) is 0. The Morgan fingerprint density at radius 1 is 1.20 bits per heavy atom. The molecular formula is C13H13F2NO3S. The molecule has 0 heterocycles. The molecule has 0 N–H and O–H groups in total. The molecule has 4 nitrogen and oxygen atoms in total. The lowest BCUT2D eigenvalue weighted by Crippen LogP contribution is -2.20. The smallest absolute Gasteiger partial charge is 0.224 e. The van der Waals surface area contributed by atoms with E-state index in [4.69, 9.17) is 0 Å². The molecule has 0 saturated heterocycles. The fourth-order valence-corrected chi connectivity index (χ4v) is 3.52. The van der Waals surface area contributed by atoms with E-state index in [1.807, 2.05) is 0 Å². The highest BCUT2D eigenvalue weighted by molar-refractivity contribution is 7.90. The summed E-state index contributed by atoms with van der Waals surface area (Å²) in [6.07, 6.45) is 4.71. The minimum absolute atomic E-state index is 0.181. The van der Waals surface area contributed by atoms with Crippen molar-refractivity contribution in [3.8, 4) is 0 Å². The standard InChI is InChI=1S/C13H13F2NO3S/c1-20(18,19)12-10(14)6-9(7-11(12)15)13(16-8-17)4-2-3-5-13/h6-7H,2-5H2,1H3. The first-order valence-electron chi connectivity index (χ1n) is 6.09. The third-order valence-corrected chi connectivity index (χ3v) is 4.73. The highest BCUT2D eigenvalue weighted by Gasteiger charge is 2.37. The Labute approximate surface area is 115 Å². The third-order valence-electron chi connectivity index (χ3n) is 3.60. The molecule has 20 heavy (non-hydrogen) atoms. The summed E-state index contributed by atoms with van der Waals surface area (Å²) in [6.45, 7) is 0. The van der Waals surface area contributed by atoms with Gasteiger partial charge in [0.05, 0.1) is 5.54 Å². The molecule has 0 aliphatic heterocycles. The Hall–Kier alpha value is -1.59. The molecule has 0 aromatic heterocycles. The number of hydrogen-bond acceptors (Lipinski definition) is 4. The Morgan fingerprint density at radius 2 is 1.70 bits per heavy atom. The molecule has 1 saturated carbocycles. The number of hydrogen-bond donors (Lipinski definition) is 0. The summed E-state index contributed by atoms with van der Waals surface area (Å²) in [7, 11) is -3.99. The quantitative estimate of drug-likeness (QED) is 0.636. The van der Waals surface area contributed by atoms with E-state index in [0.717, 1.165) is 31.2 Å². The van der Waals surface area contributed by atoms with Crippen LogP contribution in [-0.2, 0) is 20.2 Å². The molecule has 2 rings (SSSR count). The van der Waals surface area contributed by atoms with Crippen molar-refractivity contribution in [1.82, 2.24) is 0 Å². The maximum Gasteiger partial charge on any atom is 0.235 e. The van der Waals surface area contributed by atoms with Crippen molar-refractivity contribution in [2.24, 2.45) is 4.99 Å². The van der Waals surface area contributed by atoms with Crippen LogP contribution in [0.1, 0.15) is 31.2 Å². The van der Waals surface area contributed by atoms with Crippen LogP contribution in [0.3, 0.4) is 0 Å². The SMILES string of the molecule is CS(=O)(=O)c1c(F)cc(C2(N=C=O)CCCC2)cc1F. The second kappa shape index (κ2) is 5.07. The second-order valence-corrected chi connectivity index (χ2v) is 6.94. The van der Waals surface area contributed by atoms with Gasteiger partial charge < -0.3 is 0 Å². The van der Waals surface area contributed by atoms with Crippen LogP contribution in [0.2, 0.25) is 0 Å². The van der Waals surface area contributed by atoms with Crippen molar-refractivity contribution in [3.05, 3.63) is 29.3 Å². The first kappa shape index (κ1) is 14.8. The maximum atomic E-state index is 13.9. The topological polar surface area (TPSA) is 63.6 Å². The second-order valence-electron chi connectivity index (χ2n) is 4.98. The molecule has 1 aromatic rings. The zero-order valence-electron chi connectivity index (χ0n) is 10.8. The highest BCUT2D eigenvalue weighted by atomic mass is 32.2. The number of isocyanates is 1. The Kier molecular flexibility index (Phi) is 3.75. The van der Waals surface area contributed by atoms with Crippen molar-refractivity contribution in [2.75, 3.05) is 6.26 Å². The number of aliphatic imine (C=N–C) groups is 1. The predicted molar refractivity (Wildman–Crippen MR) is 67.7 cm³/mol. The Balaban J connectivity index is 2.63. The molecule has 0 unspecified atom stereocenters.